The summed E-state index contributed by atoms with van der Waals surface area (Å²) in [5.74, 6) is -0.0680. The van der Waals surface area contributed by atoms with Gasteiger partial charge in [0.15, 0.2) is 0 Å². The zero-order valence-corrected chi connectivity index (χ0v) is 15.3. The van der Waals surface area contributed by atoms with Crippen molar-refractivity contribution in [1.82, 2.24) is 0 Å². The lowest BCUT2D eigenvalue weighted by Crippen LogP contribution is -2.17. The van der Waals surface area contributed by atoms with Crippen molar-refractivity contribution in [3.8, 4) is 16.9 Å². The summed E-state index contributed by atoms with van der Waals surface area (Å²) >= 11 is 12.1. The minimum atomic E-state index is -2.85. The first kappa shape index (κ1) is 17.1. The quantitative estimate of drug-likeness (QED) is 0.628. The van der Waals surface area contributed by atoms with E-state index in [0.717, 1.165) is 5.30 Å². The van der Waals surface area contributed by atoms with Crippen LogP contribution in [0.1, 0.15) is 0 Å². The average Bonchev–Trinajstić information content (AvgIpc) is 2.59. The summed E-state index contributed by atoms with van der Waals surface area (Å²) < 4.78 is 13.5. The molecule has 122 valence electrons. The number of rotatable bonds is 3. The monoisotopic (exact) mass is 376 g/mol. The minimum absolute atomic E-state index is 0.0680. The van der Waals surface area contributed by atoms with Crippen molar-refractivity contribution in [2.24, 2.45) is 0 Å². The predicted octanol–water partition coefficient (Wildman–Crippen LogP) is 5.31. The Kier molecular flexibility index (Phi) is 4.73. The zero-order valence-electron chi connectivity index (χ0n) is 12.9. The third-order valence-corrected chi connectivity index (χ3v) is 7.03. The highest BCUT2D eigenvalue weighted by atomic mass is 35.5. The molecule has 0 spiro atoms. The molecular formula is C19H15Cl2O2P. The molecule has 0 saturated carbocycles. The molecule has 0 saturated heterocycles. The summed E-state index contributed by atoms with van der Waals surface area (Å²) in [6.45, 7) is 1.73. The van der Waals surface area contributed by atoms with Gasteiger partial charge in [-0.05, 0) is 24.4 Å². The summed E-state index contributed by atoms with van der Waals surface area (Å²) in [6.07, 6.45) is 0. The van der Waals surface area contributed by atoms with Gasteiger partial charge in [-0.15, -0.1) is 0 Å². The van der Waals surface area contributed by atoms with Gasteiger partial charge < -0.3 is 9.67 Å². The van der Waals surface area contributed by atoms with Crippen LogP contribution in [0.25, 0.3) is 11.1 Å². The van der Waals surface area contributed by atoms with Crippen molar-refractivity contribution in [1.29, 1.82) is 0 Å². The van der Waals surface area contributed by atoms with E-state index in [0.29, 0.717) is 21.5 Å². The smallest absolute Gasteiger partial charge is 0.142 e. The van der Waals surface area contributed by atoms with E-state index in [1.165, 1.54) is 6.07 Å². The zero-order chi connectivity index (χ0) is 17.3. The van der Waals surface area contributed by atoms with Crippen LogP contribution in [0.4, 0.5) is 0 Å². The average molecular weight is 377 g/mol. The number of hydrogen-bond donors (Lipinski definition) is 1. The molecule has 0 aromatic heterocycles. The number of benzene rings is 3. The second-order valence-corrected chi connectivity index (χ2v) is 9.25. The van der Waals surface area contributed by atoms with Crippen LogP contribution < -0.4 is 10.6 Å². The normalized spacial score (nSPS) is 13.5. The summed E-state index contributed by atoms with van der Waals surface area (Å²) in [4.78, 5) is 0. The van der Waals surface area contributed by atoms with Crippen molar-refractivity contribution in [3.63, 3.8) is 0 Å². The van der Waals surface area contributed by atoms with Crippen LogP contribution in [0.5, 0.6) is 5.75 Å². The van der Waals surface area contributed by atoms with Crippen LogP contribution in [-0.2, 0) is 4.57 Å². The van der Waals surface area contributed by atoms with Gasteiger partial charge in [0, 0.05) is 21.2 Å². The van der Waals surface area contributed by atoms with E-state index in [-0.39, 0.29) is 10.8 Å². The van der Waals surface area contributed by atoms with E-state index in [2.05, 4.69) is 0 Å². The van der Waals surface area contributed by atoms with E-state index in [4.69, 9.17) is 23.2 Å². The SMILES string of the molecule is CP(=O)(c1ccccc1)c1ccccc1-c1cc(Cl)cc(Cl)c1O. The Morgan fingerprint density at radius 2 is 1.50 bits per heavy atom. The predicted molar refractivity (Wildman–Crippen MR) is 103 cm³/mol. The van der Waals surface area contributed by atoms with E-state index >= 15 is 0 Å². The van der Waals surface area contributed by atoms with Crippen LogP contribution in [0, 0.1) is 0 Å². The van der Waals surface area contributed by atoms with Crippen molar-refractivity contribution in [2.45, 2.75) is 0 Å². The van der Waals surface area contributed by atoms with Crippen molar-refractivity contribution in [3.05, 3.63) is 76.8 Å². The number of phenolic OH excluding ortho intramolecular Hbond substituents is 1. The van der Waals surface area contributed by atoms with Crippen LogP contribution in [0.3, 0.4) is 0 Å². The fourth-order valence-electron chi connectivity index (χ4n) is 2.70. The number of halogens is 2. The lowest BCUT2D eigenvalue weighted by Gasteiger charge is -2.19. The second-order valence-electron chi connectivity index (χ2n) is 5.56. The Hall–Kier alpha value is -1.73. The van der Waals surface area contributed by atoms with Gasteiger partial charge in [-0.2, -0.15) is 0 Å². The first-order chi connectivity index (χ1) is 11.4. The second kappa shape index (κ2) is 6.64. The topological polar surface area (TPSA) is 37.3 Å². The lowest BCUT2D eigenvalue weighted by atomic mass is 10.0. The molecule has 1 atom stereocenters. The van der Waals surface area contributed by atoms with Gasteiger partial charge in [0.05, 0.1) is 5.02 Å². The molecule has 3 aromatic rings. The maximum absolute atomic E-state index is 13.5. The largest absolute Gasteiger partial charge is 0.506 e. The molecule has 3 rings (SSSR count). The molecule has 2 nitrogen and oxygen atoms in total. The van der Waals surface area contributed by atoms with Gasteiger partial charge in [-0.3, -0.25) is 0 Å². The molecule has 3 aromatic carbocycles. The molecule has 1 unspecified atom stereocenters. The van der Waals surface area contributed by atoms with Crippen molar-refractivity contribution < 1.29 is 9.67 Å². The molecule has 1 N–H and O–H groups in total. The van der Waals surface area contributed by atoms with Crippen LogP contribution in [0.15, 0.2) is 66.7 Å². The maximum Gasteiger partial charge on any atom is 0.142 e. The Morgan fingerprint density at radius 3 is 2.21 bits per heavy atom. The molecule has 5 heteroatoms. The highest BCUT2D eigenvalue weighted by Crippen LogP contribution is 2.45. The Balaban J connectivity index is 2.26. The molecule has 0 aliphatic heterocycles. The van der Waals surface area contributed by atoms with Gasteiger partial charge in [0.25, 0.3) is 0 Å². The van der Waals surface area contributed by atoms with Gasteiger partial charge in [-0.1, -0.05) is 77.8 Å². The van der Waals surface area contributed by atoms with Crippen LogP contribution in [-0.4, -0.2) is 11.8 Å². The summed E-state index contributed by atoms with van der Waals surface area (Å²) in [7, 11) is -2.85. The Labute approximate surface area is 151 Å². The number of hydrogen-bond acceptors (Lipinski definition) is 2. The van der Waals surface area contributed by atoms with E-state index in [1.54, 1.807) is 12.7 Å². The first-order valence-electron chi connectivity index (χ1n) is 7.32. The van der Waals surface area contributed by atoms with Crippen molar-refractivity contribution >= 4 is 41.0 Å². The molecule has 0 bridgehead atoms. The highest BCUT2D eigenvalue weighted by molar-refractivity contribution is 7.78. The minimum Gasteiger partial charge on any atom is -0.506 e. The fourth-order valence-corrected chi connectivity index (χ4v) is 5.23. The molecule has 0 aliphatic rings. The third kappa shape index (κ3) is 3.10. The Morgan fingerprint density at radius 1 is 0.875 bits per heavy atom. The summed E-state index contributed by atoms with van der Waals surface area (Å²) in [6, 6.07) is 19.7. The van der Waals surface area contributed by atoms with E-state index in [9.17, 15) is 9.67 Å². The summed E-state index contributed by atoms with van der Waals surface area (Å²) in [5.41, 5.74) is 1.13. The molecule has 0 heterocycles. The Bertz CT molecular complexity index is 939. The van der Waals surface area contributed by atoms with Crippen LogP contribution in [0.2, 0.25) is 10.0 Å². The van der Waals surface area contributed by atoms with Gasteiger partial charge in [0.1, 0.15) is 12.9 Å². The molecule has 0 amide bonds. The molecule has 0 radical (unpaired) electrons. The van der Waals surface area contributed by atoms with E-state index < -0.39 is 7.14 Å². The van der Waals surface area contributed by atoms with Gasteiger partial charge in [-0.25, -0.2) is 0 Å². The third-order valence-electron chi connectivity index (χ3n) is 3.93. The van der Waals surface area contributed by atoms with Gasteiger partial charge in [0.2, 0.25) is 0 Å². The fraction of sp³-hybridized carbons (Fsp3) is 0.0526. The maximum atomic E-state index is 13.5. The van der Waals surface area contributed by atoms with Crippen LogP contribution >= 0.6 is 30.3 Å². The van der Waals surface area contributed by atoms with Crippen molar-refractivity contribution in [2.75, 3.05) is 6.66 Å². The standard InChI is InChI=1S/C19H15Cl2O2P/c1-24(23,14-7-3-2-4-8-14)18-10-6-5-9-15(18)16-11-13(20)12-17(21)19(16)22/h2-12,22H,1H3. The summed E-state index contributed by atoms with van der Waals surface area (Å²) in [5, 5.41) is 12.3. The molecule has 0 aliphatic carbocycles. The number of phenols is 1. The number of aromatic hydroxyl groups is 1. The van der Waals surface area contributed by atoms with E-state index in [1.807, 2.05) is 54.6 Å². The molecular weight excluding hydrogens is 362 g/mol. The first-order valence-corrected chi connectivity index (χ1v) is 10.2. The lowest BCUT2D eigenvalue weighted by molar-refractivity contribution is 0.477. The van der Waals surface area contributed by atoms with Gasteiger partial charge >= 0.3 is 0 Å². The highest BCUT2D eigenvalue weighted by Gasteiger charge is 2.25. The molecule has 24 heavy (non-hydrogen) atoms. The molecule has 0 fully saturated rings.